The summed E-state index contributed by atoms with van der Waals surface area (Å²) in [6, 6.07) is 6.55. The fourth-order valence-corrected chi connectivity index (χ4v) is 3.03. The van der Waals surface area contributed by atoms with Crippen molar-refractivity contribution in [2.75, 3.05) is 13.6 Å². The Morgan fingerprint density at radius 2 is 1.92 bits per heavy atom. The van der Waals surface area contributed by atoms with E-state index in [4.69, 9.17) is 5.10 Å². The number of aromatic nitrogens is 2. The second kappa shape index (κ2) is 10.4. The van der Waals surface area contributed by atoms with Crippen molar-refractivity contribution in [1.82, 2.24) is 14.7 Å². The Labute approximate surface area is 156 Å². The molecule has 2 rings (SSSR count). The summed E-state index contributed by atoms with van der Waals surface area (Å²) < 4.78 is 15.2. The normalized spacial score (nSPS) is 12.7. The topological polar surface area (TPSA) is 41.3 Å². The molecular weight excluding hydrogens is 329 g/mol. The first kappa shape index (κ1) is 20.6. The monoisotopic (exact) mass is 361 g/mol. The lowest BCUT2D eigenvalue weighted by Gasteiger charge is -2.15. The smallest absolute Gasteiger partial charge is 0.123 e. The number of benzene rings is 1. The molecule has 2 aromatic rings. The average Bonchev–Trinajstić information content (AvgIpc) is 3.02. The van der Waals surface area contributed by atoms with Gasteiger partial charge in [0.05, 0.1) is 11.8 Å². The summed E-state index contributed by atoms with van der Waals surface area (Å²) in [6.45, 7) is 6.84. The van der Waals surface area contributed by atoms with Crippen molar-refractivity contribution in [3.8, 4) is 11.3 Å². The fourth-order valence-electron chi connectivity index (χ4n) is 3.03. The summed E-state index contributed by atoms with van der Waals surface area (Å²) in [7, 11) is 2.12. The Bertz CT molecular complexity index is 654. The highest BCUT2D eigenvalue weighted by molar-refractivity contribution is 5.62. The molecule has 1 unspecified atom stereocenters. The maximum absolute atomic E-state index is 13.3. The summed E-state index contributed by atoms with van der Waals surface area (Å²) in [5.41, 5.74) is 3.02. The molecule has 0 aliphatic carbocycles. The quantitative estimate of drug-likeness (QED) is 0.642. The van der Waals surface area contributed by atoms with Crippen molar-refractivity contribution in [2.24, 2.45) is 0 Å². The molecule has 0 bridgehead atoms. The van der Waals surface area contributed by atoms with Crippen LogP contribution in [0.15, 0.2) is 30.5 Å². The molecule has 0 aliphatic heterocycles. The first-order valence-electron chi connectivity index (χ1n) is 9.72. The molecule has 5 heteroatoms. The minimum atomic E-state index is -0.234. The van der Waals surface area contributed by atoms with Crippen LogP contribution in [0.2, 0.25) is 0 Å². The van der Waals surface area contributed by atoms with Gasteiger partial charge in [0.15, 0.2) is 0 Å². The standard InChI is InChI=1S/C21H32FN3O/c1-4-6-13-24(3)15-18-16-25(14-7-8-20(26)5-2)23-21(18)17-9-11-19(22)12-10-17/h9-12,16,20,26H,4-8,13-15H2,1-3H3. The third-order valence-electron chi connectivity index (χ3n) is 4.68. The van der Waals surface area contributed by atoms with E-state index in [1.807, 2.05) is 11.6 Å². The van der Waals surface area contributed by atoms with Crippen molar-refractivity contribution in [2.45, 2.75) is 65.1 Å². The van der Waals surface area contributed by atoms with Crippen LogP contribution in [-0.2, 0) is 13.1 Å². The van der Waals surface area contributed by atoms with Crippen LogP contribution in [0.4, 0.5) is 4.39 Å². The summed E-state index contributed by atoms with van der Waals surface area (Å²) in [5.74, 6) is -0.233. The van der Waals surface area contributed by atoms with Gasteiger partial charge in [0.25, 0.3) is 0 Å². The highest BCUT2D eigenvalue weighted by Crippen LogP contribution is 2.24. The number of nitrogens with zero attached hydrogens (tertiary/aromatic N) is 3. The van der Waals surface area contributed by atoms with E-state index in [1.165, 1.54) is 25.0 Å². The van der Waals surface area contributed by atoms with Crippen LogP contribution in [0.3, 0.4) is 0 Å². The molecule has 4 nitrogen and oxygen atoms in total. The van der Waals surface area contributed by atoms with Crippen LogP contribution < -0.4 is 0 Å². The van der Waals surface area contributed by atoms with Crippen molar-refractivity contribution in [3.63, 3.8) is 0 Å². The molecule has 1 atom stereocenters. The number of aliphatic hydroxyl groups excluding tert-OH is 1. The third kappa shape index (κ3) is 6.22. The average molecular weight is 362 g/mol. The summed E-state index contributed by atoms with van der Waals surface area (Å²) in [6.07, 6.45) is 6.67. The highest BCUT2D eigenvalue weighted by atomic mass is 19.1. The van der Waals surface area contributed by atoms with E-state index in [2.05, 4.69) is 25.1 Å². The summed E-state index contributed by atoms with van der Waals surface area (Å²) in [5, 5.41) is 14.5. The van der Waals surface area contributed by atoms with Gasteiger partial charge in [-0.25, -0.2) is 4.39 Å². The van der Waals surface area contributed by atoms with E-state index in [9.17, 15) is 9.50 Å². The lowest BCUT2D eigenvalue weighted by molar-refractivity contribution is 0.155. The third-order valence-corrected chi connectivity index (χ3v) is 4.68. The number of hydrogen-bond donors (Lipinski definition) is 1. The molecule has 1 heterocycles. The van der Waals surface area contributed by atoms with Gasteiger partial charge in [0, 0.05) is 30.4 Å². The molecular formula is C21H32FN3O. The van der Waals surface area contributed by atoms with Gasteiger partial charge in [0.2, 0.25) is 0 Å². The second-order valence-corrected chi connectivity index (χ2v) is 7.07. The van der Waals surface area contributed by atoms with E-state index in [0.717, 1.165) is 55.7 Å². The van der Waals surface area contributed by atoms with Crippen LogP contribution in [0, 0.1) is 5.82 Å². The molecule has 0 radical (unpaired) electrons. The van der Waals surface area contributed by atoms with Crippen molar-refractivity contribution in [3.05, 3.63) is 41.8 Å². The Morgan fingerprint density at radius 3 is 2.58 bits per heavy atom. The predicted octanol–water partition coefficient (Wildman–Crippen LogP) is 4.47. The lowest BCUT2D eigenvalue weighted by atomic mass is 10.1. The molecule has 26 heavy (non-hydrogen) atoms. The number of halogens is 1. The molecule has 0 spiro atoms. The Kier molecular flexibility index (Phi) is 8.26. The number of unbranched alkanes of at least 4 members (excludes halogenated alkanes) is 1. The number of rotatable bonds is 11. The number of aryl methyl sites for hydroxylation is 1. The molecule has 0 saturated heterocycles. The molecule has 0 aliphatic rings. The van der Waals surface area contributed by atoms with E-state index in [-0.39, 0.29) is 11.9 Å². The van der Waals surface area contributed by atoms with E-state index in [0.29, 0.717) is 0 Å². The van der Waals surface area contributed by atoms with Crippen molar-refractivity contribution in [1.29, 1.82) is 0 Å². The number of hydrogen-bond acceptors (Lipinski definition) is 3. The lowest BCUT2D eigenvalue weighted by Crippen LogP contribution is -2.19. The molecule has 1 aromatic heterocycles. The highest BCUT2D eigenvalue weighted by Gasteiger charge is 2.13. The Balaban J connectivity index is 2.15. The van der Waals surface area contributed by atoms with Crippen LogP contribution in [0.5, 0.6) is 0 Å². The van der Waals surface area contributed by atoms with E-state index in [1.54, 1.807) is 12.1 Å². The van der Waals surface area contributed by atoms with Crippen LogP contribution >= 0.6 is 0 Å². The molecule has 0 saturated carbocycles. The van der Waals surface area contributed by atoms with E-state index >= 15 is 0 Å². The fraction of sp³-hybridized carbons (Fsp3) is 0.571. The van der Waals surface area contributed by atoms with Gasteiger partial charge in [-0.1, -0.05) is 20.3 Å². The minimum Gasteiger partial charge on any atom is -0.393 e. The van der Waals surface area contributed by atoms with Gasteiger partial charge >= 0.3 is 0 Å². The van der Waals surface area contributed by atoms with Crippen molar-refractivity contribution < 1.29 is 9.50 Å². The molecule has 1 N–H and O–H groups in total. The summed E-state index contributed by atoms with van der Waals surface area (Å²) >= 11 is 0. The zero-order valence-electron chi connectivity index (χ0n) is 16.3. The maximum Gasteiger partial charge on any atom is 0.123 e. The van der Waals surface area contributed by atoms with Gasteiger partial charge in [-0.05, 0) is 63.5 Å². The zero-order chi connectivity index (χ0) is 18.9. The molecule has 1 aromatic carbocycles. The van der Waals surface area contributed by atoms with Gasteiger partial charge in [-0.3, -0.25) is 4.68 Å². The Hall–Kier alpha value is -1.72. The largest absolute Gasteiger partial charge is 0.393 e. The maximum atomic E-state index is 13.3. The van der Waals surface area contributed by atoms with Gasteiger partial charge in [0.1, 0.15) is 5.82 Å². The molecule has 0 amide bonds. The first-order valence-corrected chi connectivity index (χ1v) is 9.72. The molecule has 144 valence electrons. The Morgan fingerprint density at radius 1 is 1.19 bits per heavy atom. The van der Waals surface area contributed by atoms with Gasteiger partial charge < -0.3 is 10.0 Å². The minimum absolute atomic E-state index is 0.233. The van der Waals surface area contributed by atoms with Crippen LogP contribution in [-0.4, -0.2) is 39.5 Å². The predicted molar refractivity (Wildman–Crippen MR) is 104 cm³/mol. The summed E-state index contributed by atoms with van der Waals surface area (Å²) in [4.78, 5) is 2.30. The van der Waals surface area contributed by atoms with Crippen LogP contribution in [0.25, 0.3) is 11.3 Å². The van der Waals surface area contributed by atoms with Gasteiger partial charge in [-0.2, -0.15) is 5.10 Å². The SMILES string of the molecule is CCCCN(C)Cc1cn(CCCC(O)CC)nc1-c1ccc(F)cc1. The van der Waals surface area contributed by atoms with Gasteiger partial charge in [-0.15, -0.1) is 0 Å². The molecule has 0 fully saturated rings. The first-order chi connectivity index (χ1) is 12.5. The second-order valence-electron chi connectivity index (χ2n) is 7.07. The zero-order valence-corrected chi connectivity index (χ0v) is 16.3. The van der Waals surface area contributed by atoms with Crippen molar-refractivity contribution >= 4 is 0 Å². The van der Waals surface area contributed by atoms with E-state index < -0.39 is 0 Å². The number of aliphatic hydroxyl groups is 1. The van der Waals surface area contributed by atoms with Crippen LogP contribution in [0.1, 0.15) is 51.5 Å².